The van der Waals surface area contributed by atoms with E-state index < -0.39 is 5.97 Å². The smallest absolute Gasteiger partial charge is 0.308 e. The standard InChI is InChI=1S/C24H22N2O5/c1-16(27)31-20-10-6-8-18(14-20)23(28)26-19-9-5-7-17(13-19)15-25-24(29)21-11-3-4-12-22(21)30-2/h3-14H,15H2,1-2H3,(H,25,29)(H,26,28). The highest BCUT2D eigenvalue weighted by atomic mass is 16.5. The van der Waals surface area contributed by atoms with E-state index in [1.165, 1.54) is 20.1 Å². The summed E-state index contributed by atoms with van der Waals surface area (Å²) in [6.45, 7) is 1.58. The zero-order chi connectivity index (χ0) is 22.2. The van der Waals surface area contributed by atoms with Crippen molar-refractivity contribution >= 4 is 23.5 Å². The Bertz CT molecular complexity index is 1110. The molecule has 0 radical (unpaired) electrons. The van der Waals surface area contributed by atoms with Gasteiger partial charge in [-0.25, -0.2) is 0 Å². The quantitative estimate of drug-likeness (QED) is 0.450. The van der Waals surface area contributed by atoms with Gasteiger partial charge in [0.05, 0.1) is 12.7 Å². The maximum absolute atomic E-state index is 12.5. The fraction of sp³-hybridized carbons (Fsp3) is 0.125. The Morgan fingerprint density at radius 2 is 1.65 bits per heavy atom. The molecule has 0 saturated carbocycles. The molecule has 3 aromatic carbocycles. The fourth-order valence-corrected chi connectivity index (χ4v) is 2.94. The van der Waals surface area contributed by atoms with Crippen LogP contribution >= 0.6 is 0 Å². The van der Waals surface area contributed by atoms with Gasteiger partial charge in [-0.3, -0.25) is 14.4 Å². The normalized spacial score (nSPS) is 10.1. The van der Waals surface area contributed by atoms with Gasteiger partial charge in [0, 0.05) is 24.7 Å². The molecule has 31 heavy (non-hydrogen) atoms. The monoisotopic (exact) mass is 418 g/mol. The number of anilines is 1. The van der Waals surface area contributed by atoms with Gasteiger partial charge in [-0.15, -0.1) is 0 Å². The SMILES string of the molecule is COc1ccccc1C(=O)NCc1cccc(NC(=O)c2cccc(OC(C)=O)c2)c1. The highest BCUT2D eigenvalue weighted by molar-refractivity contribution is 6.04. The van der Waals surface area contributed by atoms with E-state index >= 15 is 0 Å². The van der Waals surface area contributed by atoms with Gasteiger partial charge < -0.3 is 20.1 Å². The van der Waals surface area contributed by atoms with Crippen LogP contribution in [0, 0.1) is 0 Å². The first-order valence-electron chi connectivity index (χ1n) is 9.56. The number of carbonyl (C=O) groups is 3. The van der Waals surface area contributed by atoms with E-state index in [9.17, 15) is 14.4 Å². The molecule has 2 N–H and O–H groups in total. The van der Waals surface area contributed by atoms with Crippen molar-refractivity contribution in [3.8, 4) is 11.5 Å². The topological polar surface area (TPSA) is 93.7 Å². The van der Waals surface area contributed by atoms with E-state index in [-0.39, 0.29) is 18.4 Å². The molecule has 0 aliphatic carbocycles. The number of para-hydroxylation sites is 1. The largest absolute Gasteiger partial charge is 0.496 e. The number of ether oxygens (including phenoxy) is 2. The summed E-state index contributed by atoms with van der Waals surface area (Å²) in [5.74, 6) is -0.260. The summed E-state index contributed by atoms with van der Waals surface area (Å²) in [4.78, 5) is 36.1. The minimum Gasteiger partial charge on any atom is -0.496 e. The van der Waals surface area contributed by atoms with Crippen molar-refractivity contribution in [3.05, 3.63) is 89.5 Å². The zero-order valence-electron chi connectivity index (χ0n) is 17.2. The number of hydrogen-bond donors (Lipinski definition) is 2. The van der Waals surface area contributed by atoms with Crippen molar-refractivity contribution in [1.29, 1.82) is 0 Å². The zero-order valence-corrected chi connectivity index (χ0v) is 17.2. The molecule has 0 spiro atoms. The Hall–Kier alpha value is -4.13. The van der Waals surface area contributed by atoms with Gasteiger partial charge >= 0.3 is 5.97 Å². The molecule has 0 aliphatic rings. The molecule has 3 rings (SSSR count). The first-order chi connectivity index (χ1) is 15.0. The van der Waals surface area contributed by atoms with Crippen LogP contribution in [0.15, 0.2) is 72.8 Å². The molecule has 0 atom stereocenters. The Kier molecular flexibility index (Phi) is 7.01. The third kappa shape index (κ3) is 5.93. The average molecular weight is 418 g/mol. The van der Waals surface area contributed by atoms with E-state index in [2.05, 4.69) is 10.6 Å². The molecule has 0 unspecified atom stereocenters. The number of methoxy groups -OCH3 is 1. The molecule has 0 aromatic heterocycles. The van der Waals surface area contributed by atoms with E-state index in [1.807, 2.05) is 6.07 Å². The van der Waals surface area contributed by atoms with Crippen LogP contribution < -0.4 is 20.1 Å². The lowest BCUT2D eigenvalue weighted by atomic mass is 10.1. The second-order valence-corrected chi connectivity index (χ2v) is 6.66. The van der Waals surface area contributed by atoms with Crippen molar-refractivity contribution < 1.29 is 23.9 Å². The second kappa shape index (κ2) is 10.1. The van der Waals surface area contributed by atoms with E-state index in [4.69, 9.17) is 9.47 Å². The average Bonchev–Trinajstić information content (AvgIpc) is 2.77. The minimum absolute atomic E-state index is 0.255. The third-order valence-electron chi connectivity index (χ3n) is 4.35. The number of hydrogen-bond acceptors (Lipinski definition) is 5. The van der Waals surface area contributed by atoms with Crippen LogP contribution in [-0.2, 0) is 11.3 Å². The Morgan fingerprint density at radius 1 is 0.871 bits per heavy atom. The van der Waals surface area contributed by atoms with Crippen LogP contribution in [0.2, 0.25) is 0 Å². The van der Waals surface area contributed by atoms with Crippen LogP contribution in [0.25, 0.3) is 0 Å². The summed E-state index contributed by atoms with van der Waals surface area (Å²) in [5, 5.41) is 5.65. The van der Waals surface area contributed by atoms with Crippen LogP contribution in [0.5, 0.6) is 11.5 Å². The summed E-state index contributed by atoms with van der Waals surface area (Å²) < 4.78 is 10.2. The lowest BCUT2D eigenvalue weighted by Gasteiger charge is -2.11. The van der Waals surface area contributed by atoms with Gasteiger partial charge in [0.25, 0.3) is 11.8 Å². The van der Waals surface area contributed by atoms with E-state index in [0.717, 1.165) is 5.56 Å². The summed E-state index contributed by atoms with van der Waals surface area (Å²) in [6.07, 6.45) is 0. The number of esters is 1. The number of benzene rings is 3. The van der Waals surface area contributed by atoms with Gasteiger partial charge in [-0.1, -0.05) is 30.3 Å². The Labute approximate surface area is 180 Å². The van der Waals surface area contributed by atoms with Crippen molar-refractivity contribution in [3.63, 3.8) is 0 Å². The maximum atomic E-state index is 12.5. The summed E-state index contributed by atoms with van der Waals surface area (Å²) in [6, 6.07) is 20.5. The van der Waals surface area contributed by atoms with Gasteiger partial charge in [0.1, 0.15) is 11.5 Å². The molecule has 2 amide bonds. The lowest BCUT2D eigenvalue weighted by molar-refractivity contribution is -0.131. The number of nitrogens with one attached hydrogen (secondary N) is 2. The molecule has 0 fully saturated rings. The molecule has 0 saturated heterocycles. The molecule has 7 nitrogen and oxygen atoms in total. The molecule has 158 valence electrons. The third-order valence-corrected chi connectivity index (χ3v) is 4.35. The minimum atomic E-state index is -0.458. The fourth-order valence-electron chi connectivity index (χ4n) is 2.94. The lowest BCUT2D eigenvalue weighted by Crippen LogP contribution is -2.23. The van der Waals surface area contributed by atoms with Gasteiger partial charge in [-0.2, -0.15) is 0 Å². The van der Waals surface area contributed by atoms with Crippen molar-refractivity contribution in [1.82, 2.24) is 5.32 Å². The molecule has 0 aliphatic heterocycles. The van der Waals surface area contributed by atoms with Crippen LogP contribution in [0.4, 0.5) is 5.69 Å². The van der Waals surface area contributed by atoms with Crippen LogP contribution in [0.1, 0.15) is 33.2 Å². The molecule has 7 heteroatoms. The van der Waals surface area contributed by atoms with Gasteiger partial charge in [0.15, 0.2) is 0 Å². The second-order valence-electron chi connectivity index (χ2n) is 6.66. The highest BCUT2D eigenvalue weighted by Crippen LogP contribution is 2.18. The molecular formula is C24H22N2O5. The van der Waals surface area contributed by atoms with Crippen LogP contribution in [0.3, 0.4) is 0 Å². The van der Waals surface area contributed by atoms with E-state index in [0.29, 0.717) is 28.3 Å². The van der Waals surface area contributed by atoms with Crippen molar-refractivity contribution in [2.45, 2.75) is 13.5 Å². The Balaban J connectivity index is 1.64. The summed E-state index contributed by atoms with van der Waals surface area (Å²) in [5.41, 5.74) is 2.19. The van der Waals surface area contributed by atoms with Crippen LogP contribution in [-0.4, -0.2) is 24.9 Å². The molecule has 0 heterocycles. The number of amides is 2. The van der Waals surface area contributed by atoms with E-state index in [1.54, 1.807) is 60.7 Å². The first kappa shape index (κ1) is 21.6. The predicted molar refractivity (Wildman–Crippen MR) is 116 cm³/mol. The Morgan fingerprint density at radius 3 is 2.42 bits per heavy atom. The number of rotatable bonds is 7. The maximum Gasteiger partial charge on any atom is 0.308 e. The highest BCUT2D eigenvalue weighted by Gasteiger charge is 2.12. The van der Waals surface area contributed by atoms with Gasteiger partial charge in [-0.05, 0) is 48.0 Å². The summed E-state index contributed by atoms with van der Waals surface area (Å²) >= 11 is 0. The molecule has 3 aromatic rings. The van der Waals surface area contributed by atoms with Crippen molar-refractivity contribution in [2.75, 3.05) is 12.4 Å². The molecule has 0 bridgehead atoms. The summed E-state index contributed by atoms with van der Waals surface area (Å²) in [7, 11) is 1.51. The predicted octanol–water partition coefficient (Wildman–Crippen LogP) is 3.80. The molecular weight excluding hydrogens is 396 g/mol. The number of carbonyl (C=O) groups excluding carboxylic acids is 3. The van der Waals surface area contributed by atoms with Gasteiger partial charge in [0.2, 0.25) is 0 Å². The van der Waals surface area contributed by atoms with Crippen molar-refractivity contribution in [2.24, 2.45) is 0 Å². The first-order valence-corrected chi connectivity index (χ1v) is 9.56.